The van der Waals surface area contributed by atoms with E-state index in [2.05, 4.69) is 6.92 Å². The van der Waals surface area contributed by atoms with Crippen molar-refractivity contribution < 1.29 is 8.42 Å². The Morgan fingerprint density at radius 3 is 2.06 bits per heavy atom. The second-order valence-electron chi connectivity index (χ2n) is 4.75. The van der Waals surface area contributed by atoms with Crippen molar-refractivity contribution in [3.63, 3.8) is 0 Å². The Kier molecular flexibility index (Phi) is 14.7. The van der Waals surface area contributed by atoms with E-state index < -0.39 is 0 Å². The van der Waals surface area contributed by atoms with Crippen LogP contribution in [0.5, 0.6) is 0 Å². The molecule has 2 nitrogen and oxygen atoms in total. The third-order valence-electron chi connectivity index (χ3n) is 3.14. The van der Waals surface area contributed by atoms with Crippen molar-refractivity contribution >= 4 is 33.2 Å². The fraction of sp³-hybridized carbons (Fsp3) is 0.857. The van der Waals surface area contributed by atoms with Crippen LogP contribution in [0.4, 0.5) is 0 Å². The molecule has 0 aromatic carbocycles. The lowest BCUT2D eigenvalue weighted by molar-refractivity contribution is 0.540. The zero-order valence-corrected chi connectivity index (χ0v) is 13.1. The summed E-state index contributed by atoms with van der Waals surface area (Å²) in [4.78, 5) is 0. The molecular weight excluding hydrogens is 264 g/mol. The quantitative estimate of drug-likeness (QED) is 0.407. The van der Waals surface area contributed by atoms with Crippen molar-refractivity contribution in [2.24, 2.45) is 5.92 Å². The van der Waals surface area contributed by atoms with Gasteiger partial charge in [-0.05, 0) is 18.8 Å². The minimum atomic E-state index is 0.286. The van der Waals surface area contributed by atoms with Gasteiger partial charge in [-0.2, -0.15) is 0 Å². The lowest BCUT2D eigenvalue weighted by Crippen LogP contribution is -2.02. The van der Waals surface area contributed by atoms with Gasteiger partial charge in [0.05, 0.1) is 22.5 Å². The molecule has 0 aliphatic rings. The highest BCUT2D eigenvalue weighted by Crippen LogP contribution is 2.13. The summed E-state index contributed by atoms with van der Waals surface area (Å²) in [6, 6.07) is 0. The molecule has 1 atom stereocenters. The molecule has 0 aromatic rings. The number of hydrogen-bond donors (Lipinski definition) is 0. The largest absolute Gasteiger partial charge is 0.213 e. The summed E-state index contributed by atoms with van der Waals surface area (Å²) in [5.74, 6) is 0.286. The number of rotatable bonds is 12. The van der Waals surface area contributed by atoms with Crippen molar-refractivity contribution in [2.45, 2.75) is 71.1 Å². The molecule has 0 saturated carbocycles. The van der Waals surface area contributed by atoms with Crippen molar-refractivity contribution in [3.05, 3.63) is 0 Å². The Morgan fingerprint density at radius 1 is 0.889 bits per heavy atom. The van der Waals surface area contributed by atoms with Crippen LogP contribution >= 0.6 is 0 Å². The highest BCUT2D eigenvalue weighted by molar-refractivity contribution is 7.65. The van der Waals surface area contributed by atoms with E-state index in [0.29, 0.717) is 22.5 Å². The summed E-state index contributed by atoms with van der Waals surface area (Å²) < 4.78 is 20.8. The second kappa shape index (κ2) is 14.8. The maximum absolute atomic E-state index is 10.5. The topological polar surface area (TPSA) is 34.1 Å². The van der Waals surface area contributed by atoms with Gasteiger partial charge in [-0.1, -0.05) is 58.3 Å². The first-order valence-electron chi connectivity index (χ1n) is 7.07. The fourth-order valence-electron chi connectivity index (χ4n) is 2.02. The zero-order valence-electron chi connectivity index (χ0n) is 11.4. The van der Waals surface area contributed by atoms with Crippen molar-refractivity contribution in [1.29, 1.82) is 0 Å². The molecular formula is C14H26O2S2. The summed E-state index contributed by atoms with van der Waals surface area (Å²) in [6.07, 6.45) is 12.3. The molecule has 0 amide bonds. The van der Waals surface area contributed by atoms with E-state index in [-0.39, 0.29) is 5.92 Å². The average molecular weight is 290 g/mol. The van der Waals surface area contributed by atoms with Crippen LogP contribution in [-0.4, -0.2) is 19.2 Å². The molecule has 1 unspecified atom stereocenters. The first kappa shape index (κ1) is 17.8. The minimum Gasteiger partial charge on any atom is -0.213 e. The van der Waals surface area contributed by atoms with Crippen LogP contribution in [0.25, 0.3) is 0 Å². The molecule has 18 heavy (non-hydrogen) atoms. The van der Waals surface area contributed by atoms with Crippen LogP contribution in [0.1, 0.15) is 71.1 Å². The first-order chi connectivity index (χ1) is 8.85. The summed E-state index contributed by atoms with van der Waals surface area (Å²) in [5.41, 5.74) is 0. The third-order valence-corrected chi connectivity index (χ3v) is 3.97. The maximum Gasteiger partial charge on any atom is 0.0844 e. The highest BCUT2D eigenvalue weighted by atomic mass is 32.1. The lowest BCUT2D eigenvalue weighted by Gasteiger charge is -2.07. The van der Waals surface area contributed by atoms with Gasteiger partial charge in [-0.15, -0.1) is 0 Å². The summed E-state index contributed by atoms with van der Waals surface area (Å²) >= 11 is 1.04. The van der Waals surface area contributed by atoms with Gasteiger partial charge in [-0.25, -0.2) is 8.42 Å². The molecule has 0 saturated heterocycles. The van der Waals surface area contributed by atoms with Crippen molar-refractivity contribution in [1.82, 2.24) is 0 Å². The Hall–Kier alpha value is -0.220. The van der Waals surface area contributed by atoms with E-state index in [0.717, 1.165) is 12.8 Å². The van der Waals surface area contributed by atoms with Crippen LogP contribution in [0, 0.1) is 5.92 Å². The smallest absolute Gasteiger partial charge is 0.0844 e. The van der Waals surface area contributed by atoms with Crippen LogP contribution in [-0.2, 0) is 22.5 Å². The van der Waals surface area contributed by atoms with E-state index >= 15 is 0 Å². The van der Waals surface area contributed by atoms with E-state index in [1.807, 2.05) is 0 Å². The van der Waals surface area contributed by atoms with E-state index in [1.54, 1.807) is 10.7 Å². The van der Waals surface area contributed by atoms with E-state index in [1.165, 1.54) is 51.4 Å². The van der Waals surface area contributed by atoms with E-state index in [9.17, 15) is 8.42 Å². The Labute approximate surface area is 119 Å². The Balaban J connectivity index is 3.48. The summed E-state index contributed by atoms with van der Waals surface area (Å²) in [6.45, 7) is 2.24. The predicted octanol–water partition coefficient (Wildman–Crippen LogP) is 3.55. The molecule has 0 fully saturated rings. The van der Waals surface area contributed by atoms with Gasteiger partial charge in [0.15, 0.2) is 0 Å². The van der Waals surface area contributed by atoms with Crippen molar-refractivity contribution in [3.8, 4) is 0 Å². The molecule has 0 aliphatic carbocycles. The third kappa shape index (κ3) is 12.2. The Bertz CT molecular complexity index is 280. The summed E-state index contributed by atoms with van der Waals surface area (Å²) in [5, 5.41) is 3.39. The SMILES string of the molecule is CCCCCCCCCCC(C=S=O)CC=S=O. The highest BCUT2D eigenvalue weighted by Gasteiger charge is 2.03. The molecule has 0 spiro atoms. The molecule has 0 N–H and O–H groups in total. The molecule has 0 rings (SSSR count). The lowest BCUT2D eigenvalue weighted by atomic mass is 9.99. The van der Waals surface area contributed by atoms with E-state index in [4.69, 9.17) is 0 Å². The fourth-order valence-corrected chi connectivity index (χ4v) is 2.75. The van der Waals surface area contributed by atoms with Crippen LogP contribution in [0.3, 0.4) is 0 Å². The first-order valence-corrected chi connectivity index (χ1v) is 8.68. The van der Waals surface area contributed by atoms with Gasteiger partial charge in [-0.3, -0.25) is 0 Å². The van der Waals surface area contributed by atoms with Gasteiger partial charge in [0.2, 0.25) is 0 Å². The molecule has 0 radical (unpaired) electrons. The van der Waals surface area contributed by atoms with Crippen LogP contribution in [0.2, 0.25) is 0 Å². The normalized spacial score (nSPS) is 11.8. The number of unbranched alkanes of at least 4 members (excludes halogenated alkanes) is 7. The molecule has 4 heteroatoms. The van der Waals surface area contributed by atoms with Crippen LogP contribution < -0.4 is 0 Å². The average Bonchev–Trinajstić information content (AvgIpc) is 2.39. The number of hydrogen-bond acceptors (Lipinski definition) is 2. The molecule has 0 heterocycles. The van der Waals surface area contributed by atoms with Gasteiger partial charge < -0.3 is 0 Å². The molecule has 0 bridgehead atoms. The predicted molar refractivity (Wildman–Crippen MR) is 83.7 cm³/mol. The molecule has 106 valence electrons. The minimum absolute atomic E-state index is 0.286. The van der Waals surface area contributed by atoms with Gasteiger partial charge in [0.25, 0.3) is 0 Å². The van der Waals surface area contributed by atoms with Gasteiger partial charge in [0, 0.05) is 10.7 Å². The van der Waals surface area contributed by atoms with Gasteiger partial charge >= 0.3 is 0 Å². The summed E-state index contributed by atoms with van der Waals surface area (Å²) in [7, 11) is 0. The monoisotopic (exact) mass is 290 g/mol. The Morgan fingerprint density at radius 2 is 1.50 bits per heavy atom. The van der Waals surface area contributed by atoms with Crippen molar-refractivity contribution in [2.75, 3.05) is 0 Å². The molecule has 0 aliphatic heterocycles. The zero-order chi connectivity index (χ0) is 13.5. The molecule has 0 aromatic heterocycles. The van der Waals surface area contributed by atoms with Crippen LogP contribution in [0.15, 0.2) is 0 Å². The second-order valence-corrected chi connectivity index (χ2v) is 5.74. The maximum atomic E-state index is 10.5. The van der Waals surface area contributed by atoms with Gasteiger partial charge in [0.1, 0.15) is 0 Å². The standard InChI is InChI=1S/C14H26O2S2/c1-2-3-4-5-6-7-8-9-10-14(13-18-16)11-12-17-15/h12-14H,2-11H2,1H3.